The van der Waals surface area contributed by atoms with Crippen molar-refractivity contribution < 1.29 is 5.11 Å². The number of hydrogen-bond acceptors (Lipinski definition) is 4. The van der Waals surface area contributed by atoms with Gasteiger partial charge in [-0.2, -0.15) is 0 Å². The predicted octanol–water partition coefficient (Wildman–Crippen LogP) is 4.59. The maximum atomic E-state index is 10.5. The molecule has 0 aliphatic rings. The first-order chi connectivity index (χ1) is 9.81. The third-order valence-electron chi connectivity index (χ3n) is 3.36. The molecule has 1 atom stereocenters. The molecule has 0 amide bonds. The lowest BCUT2D eigenvalue weighted by Crippen LogP contribution is -1.97. The normalized spacial score (nSPS) is 13.1. The minimum atomic E-state index is -0.600. The Labute approximate surface area is 124 Å². The molecule has 1 aromatic carbocycles. The highest BCUT2D eigenvalue weighted by molar-refractivity contribution is 7.26. The molecule has 2 nitrogen and oxygen atoms in total. The molecule has 4 heteroatoms. The Morgan fingerprint density at radius 3 is 2.85 bits per heavy atom. The van der Waals surface area contributed by atoms with E-state index < -0.39 is 6.10 Å². The molecule has 0 saturated heterocycles. The Balaban J connectivity index is 1.79. The number of hydrogen-bond donors (Lipinski definition) is 1. The smallest absolute Gasteiger partial charge is 0.115 e. The van der Waals surface area contributed by atoms with E-state index in [4.69, 9.17) is 0 Å². The van der Waals surface area contributed by atoms with E-state index in [1.165, 1.54) is 9.40 Å². The van der Waals surface area contributed by atoms with Crippen LogP contribution in [0.3, 0.4) is 0 Å². The van der Waals surface area contributed by atoms with Gasteiger partial charge in [-0.25, -0.2) is 0 Å². The van der Waals surface area contributed by atoms with Gasteiger partial charge in [-0.15, -0.1) is 22.7 Å². The van der Waals surface area contributed by atoms with Crippen molar-refractivity contribution in [2.75, 3.05) is 0 Å². The van der Waals surface area contributed by atoms with Crippen molar-refractivity contribution in [3.05, 3.63) is 64.5 Å². The maximum Gasteiger partial charge on any atom is 0.115 e. The lowest BCUT2D eigenvalue weighted by Gasteiger charge is -2.09. The fourth-order valence-corrected chi connectivity index (χ4v) is 4.46. The van der Waals surface area contributed by atoms with E-state index in [9.17, 15) is 5.11 Å². The second-order valence-corrected chi connectivity index (χ2v) is 6.72. The van der Waals surface area contributed by atoms with E-state index in [0.29, 0.717) is 0 Å². The van der Waals surface area contributed by atoms with Crippen LogP contribution >= 0.6 is 22.7 Å². The number of benzene rings is 1. The zero-order valence-corrected chi connectivity index (χ0v) is 12.1. The largest absolute Gasteiger partial charge is 0.383 e. The van der Waals surface area contributed by atoms with Gasteiger partial charge in [0.1, 0.15) is 6.10 Å². The van der Waals surface area contributed by atoms with E-state index in [-0.39, 0.29) is 0 Å². The van der Waals surface area contributed by atoms with Crippen LogP contribution in [-0.2, 0) is 0 Å². The summed E-state index contributed by atoms with van der Waals surface area (Å²) < 4.78 is 2.47. The zero-order valence-electron chi connectivity index (χ0n) is 10.5. The van der Waals surface area contributed by atoms with Crippen LogP contribution in [0.1, 0.15) is 16.5 Å². The number of aliphatic hydroxyl groups excluding tert-OH is 1. The van der Waals surface area contributed by atoms with E-state index in [0.717, 1.165) is 21.3 Å². The van der Waals surface area contributed by atoms with Gasteiger partial charge in [0.05, 0.1) is 5.52 Å². The molecule has 20 heavy (non-hydrogen) atoms. The Morgan fingerprint density at radius 1 is 1.05 bits per heavy atom. The second kappa shape index (κ2) is 4.66. The molecule has 0 saturated carbocycles. The first-order valence-corrected chi connectivity index (χ1v) is 8.00. The van der Waals surface area contributed by atoms with Crippen LogP contribution in [-0.4, -0.2) is 10.1 Å². The number of fused-ring (bicyclic) bond motifs is 2. The lowest BCUT2D eigenvalue weighted by molar-refractivity contribution is 0.224. The SMILES string of the molecule is OC(c1cnc2ccccc2c1)c1cc2sccc2s1. The summed E-state index contributed by atoms with van der Waals surface area (Å²) in [4.78, 5) is 5.39. The van der Waals surface area contributed by atoms with Crippen LogP contribution in [0.5, 0.6) is 0 Å². The molecule has 0 spiro atoms. The summed E-state index contributed by atoms with van der Waals surface area (Å²) in [6, 6.07) is 14.1. The zero-order chi connectivity index (χ0) is 13.5. The minimum absolute atomic E-state index is 0.600. The predicted molar refractivity (Wildman–Crippen MR) is 85.5 cm³/mol. The van der Waals surface area contributed by atoms with Crippen molar-refractivity contribution in [2.45, 2.75) is 6.10 Å². The molecular formula is C16H11NOS2. The average Bonchev–Trinajstić information content (AvgIpc) is 3.07. The van der Waals surface area contributed by atoms with Crippen molar-refractivity contribution in [3.8, 4) is 0 Å². The monoisotopic (exact) mass is 297 g/mol. The van der Waals surface area contributed by atoms with E-state index in [1.807, 2.05) is 30.3 Å². The standard InChI is InChI=1S/C16H11NOS2/c18-16(15-8-14-13(20-15)5-6-19-14)11-7-10-3-1-2-4-12(10)17-9-11/h1-9,16,18H. The van der Waals surface area contributed by atoms with Gasteiger partial charge < -0.3 is 5.11 Å². The van der Waals surface area contributed by atoms with Gasteiger partial charge in [-0.3, -0.25) is 4.98 Å². The van der Waals surface area contributed by atoms with Crippen LogP contribution < -0.4 is 0 Å². The van der Waals surface area contributed by atoms with Crippen molar-refractivity contribution in [1.29, 1.82) is 0 Å². The molecule has 4 aromatic rings. The number of rotatable bonds is 2. The van der Waals surface area contributed by atoms with E-state index in [1.54, 1.807) is 28.9 Å². The van der Waals surface area contributed by atoms with Crippen LogP contribution in [0.2, 0.25) is 0 Å². The van der Waals surface area contributed by atoms with Crippen molar-refractivity contribution in [3.63, 3.8) is 0 Å². The number of para-hydroxylation sites is 1. The van der Waals surface area contributed by atoms with Crippen LogP contribution in [0.4, 0.5) is 0 Å². The van der Waals surface area contributed by atoms with Gasteiger partial charge in [-0.05, 0) is 29.6 Å². The van der Waals surface area contributed by atoms with Gasteiger partial charge >= 0.3 is 0 Å². The Bertz CT molecular complexity index is 865. The van der Waals surface area contributed by atoms with E-state index in [2.05, 4.69) is 22.5 Å². The van der Waals surface area contributed by atoms with Gasteiger partial charge in [0.25, 0.3) is 0 Å². The molecule has 0 aliphatic heterocycles. The molecule has 1 N–H and O–H groups in total. The third-order valence-corrected chi connectivity index (χ3v) is 5.50. The Morgan fingerprint density at radius 2 is 1.95 bits per heavy atom. The number of thiophene rings is 2. The topological polar surface area (TPSA) is 33.1 Å². The minimum Gasteiger partial charge on any atom is -0.383 e. The van der Waals surface area contributed by atoms with Crippen LogP contribution in [0.25, 0.3) is 20.3 Å². The summed E-state index contributed by atoms with van der Waals surface area (Å²) in [5.41, 5.74) is 1.80. The maximum absolute atomic E-state index is 10.5. The Kier molecular flexibility index (Phi) is 2.80. The third kappa shape index (κ3) is 1.93. The highest BCUT2D eigenvalue weighted by atomic mass is 32.1. The number of aliphatic hydroxyl groups is 1. The highest BCUT2D eigenvalue weighted by Gasteiger charge is 2.15. The molecule has 98 valence electrons. The van der Waals surface area contributed by atoms with Gasteiger partial charge in [0.2, 0.25) is 0 Å². The Hall–Kier alpha value is -1.75. The molecule has 0 fully saturated rings. The summed E-state index contributed by atoms with van der Waals surface area (Å²) in [5.74, 6) is 0. The summed E-state index contributed by atoms with van der Waals surface area (Å²) >= 11 is 3.35. The fourth-order valence-electron chi connectivity index (χ4n) is 2.32. The molecule has 1 unspecified atom stereocenters. The number of pyridine rings is 1. The highest BCUT2D eigenvalue weighted by Crippen LogP contribution is 2.36. The van der Waals surface area contributed by atoms with E-state index >= 15 is 0 Å². The molecule has 4 rings (SSSR count). The number of aromatic nitrogens is 1. The van der Waals surface area contributed by atoms with Crippen molar-refractivity contribution >= 4 is 43.0 Å². The molecule has 0 aliphatic carbocycles. The summed E-state index contributed by atoms with van der Waals surface area (Å²) in [5, 5.41) is 13.7. The molecule has 0 radical (unpaired) electrons. The van der Waals surface area contributed by atoms with Crippen molar-refractivity contribution in [2.24, 2.45) is 0 Å². The summed E-state index contributed by atoms with van der Waals surface area (Å²) in [6.07, 6.45) is 1.16. The molecule has 3 aromatic heterocycles. The fraction of sp³-hybridized carbons (Fsp3) is 0.0625. The lowest BCUT2D eigenvalue weighted by atomic mass is 10.1. The number of nitrogens with zero attached hydrogens (tertiary/aromatic N) is 1. The first-order valence-electron chi connectivity index (χ1n) is 6.31. The quantitative estimate of drug-likeness (QED) is 0.587. The summed E-state index contributed by atoms with van der Waals surface area (Å²) in [6.45, 7) is 0. The van der Waals surface area contributed by atoms with Crippen LogP contribution in [0, 0.1) is 0 Å². The van der Waals surface area contributed by atoms with Crippen LogP contribution in [0.15, 0.2) is 54.0 Å². The molecule has 3 heterocycles. The average molecular weight is 297 g/mol. The molecular weight excluding hydrogens is 286 g/mol. The summed E-state index contributed by atoms with van der Waals surface area (Å²) in [7, 11) is 0. The second-order valence-electron chi connectivity index (χ2n) is 4.66. The van der Waals surface area contributed by atoms with Gasteiger partial charge in [-0.1, -0.05) is 18.2 Å². The van der Waals surface area contributed by atoms with Gasteiger partial charge in [0.15, 0.2) is 0 Å². The first kappa shape index (κ1) is 12.0. The van der Waals surface area contributed by atoms with Gasteiger partial charge in [0, 0.05) is 31.4 Å². The molecule has 0 bridgehead atoms. The van der Waals surface area contributed by atoms with Crippen molar-refractivity contribution in [1.82, 2.24) is 4.98 Å².